The second-order valence-electron chi connectivity index (χ2n) is 9.87. The van der Waals surface area contributed by atoms with Gasteiger partial charge in [0.15, 0.2) is 29.5 Å². The van der Waals surface area contributed by atoms with Crippen LogP contribution in [-0.4, -0.2) is 87.6 Å². The maximum Gasteiger partial charge on any atom is 0.339 e. The Morgan fingerprint density at radius 2 is 1.64 bits per heavy atom. The van der Waals surface area contributed by atoms with E-state index in [4.69, 9.17) is 24.7 Å². The summed E-state index contributed by atoms with van der Waals surface area (Å²) in [7, 11) is 0. The van der Waals surface area contributed by atoms with Gasteiger partial charge in [0.25, 0.3) is 0 Å². The molecule has 0 aliphatic carbocycles. The molecule has 4 aromatic rings. The molecule has 0 saturated carbocycles. The quantitative estimate of drug-likeness (QED) is 0.0659. The van der Waals surface area contributed by atoms with E-state index in [-0.39, 0.29) is 34.8 Å². The Kier molecular flexibility index (Phi) is 8.93. The average molecular weight is 628 g/mol. The van der Waals surface area contributed by atoms with Gasteiger partial charge < -0.3 is 60.4 Å². The van der Waals surface area contributed by atoms with Crippen LogP contribution in [0.4, 0.5) is 0 Å². The first-order chi connectivity index (χ1) is 21.5. The number of esters is 1. The number of pyridine rings is 1. The predicted octanol–water partition coefficient (Wildman–Crippen LogP) is 1.20. The Labute approximate surface area is 253 Å². The van der Waals surface area contributed by atoms with Gasteiger partial charge in [-0.3, -0.25) is 0 Å². The van der Waals surface area contributed by atoms with Crippen LogP contribution in [0.1, 0.15) is 39.4 Å². The lowest BCUT2D eigenvalue weighted by molar-refractivity contribution is -0.116. The summed E-state index contributed by atoms with van der Waals surface area (Å²) in [6.45, 7) is 1.21. The molecule has 0 saturated heterocycles. The summed E-state index contributed by atoms with van der Waals surface area (Å²) < 4.78 is 24.8. The number of carbonyl (C=O) groups excluding carboxylic acids is 1. The van der Waals surface area contributed by atoms with E-state index in [2.05, 4.69) is 15.3 Å². The van der Waals surface area contributed by atoms with Crippen molar-refractivity contribution in [2.45, 2.75) is 31.5 Å². The topological polar surface area (TPSA) is 265 Å². The summed E-state index contributed by atoms with van der Waals surface area (Å²) in [5.41, 5.74) is 5.41. The van der Waals surface area contributed by atoms with E-state index in [1.165, 1.54) is 10.7 Å². The van der Waals surface area contributed by atoms with Crippen LogP contribution in [0.3, 0.4) is 0 Å². The fourth-order valence-electron chi connectivity index (χ4n) is 4.70. The number of carbonyl (C=O) groups is 1. The summed E-state index contributed by atoms with van der Waals surface area (Å²) in [6, 6.07) is 6.17. The van der Waals surface area contributed by atoms with Crippen molar-refractivity contribution < 1.29 is 59.5 Å². The molecule has 0 bridgehead atoms. The molecular weight excluding hydrogens is 598 g/mol. The smallest absolute Gasteiger partial charge is 0.339 e. The average Bonchev–Trinajstić information content (AvgIpc) is 3.44. The van der Waals surface area contributed by atoms with Gasteiger partial charge in [-0.2, -0.15) is 4.98 Å². The molecule has 0 amide bonds. The van der Waals surface area contributed by atoms with Crippen LogP contribution in [-0.2, 0) is 27.4 Å². The number of rotatable bonds is 11. The minimum atomic E-state index is -1.51. The van der Waals surface area contributed by atoms with Crippen molar-refractivity contribution in [1.82, 2.24) is 20.0 Å². The number of ether oxygens (including phenoxy) is 4. The number of hydrogen-bond acceptors (Lipinski definition) is 16. The molecule has 3 heterocycles. The van der Waals surface area contributed by atoms with Gasteiger partial charge in [-0.25, -0.2) is 9.48 Å². The molecule has 1 aliphatic heterocycles. The van der Waals surface area contributed by atoms with Gasteiger partial charge in [0.1, 0.15) is 29.0 Å². The molecule has 17 heteroatoms. The molecule has 3 unspecified atom stereocenters. The second kappa shape index (κ2) is 13.0. The first-order valence-electron chi connectivity index (χ1n) is 13.4. The number of aromatic hydroxyl groups is 7. The molecule has 45 heavy (non-hydrogen) atoms. The van der Waals surface area contributed by atoms with Crippen LogP contribution in [0.15, 0.2) is 42.6 Å². The first kappa shape index (κ1) is 30.9. The van der Waals surface area contributed by atoms with E-state index >= 15 is 0 Å². The minimum Gasteiger partial charge on any atom is -0.508 e. The zero-order chi connectivity index (χ0) is 32.2. The molecule has 17 nitrogen and oxygen atoms in total. The highest BCUT2D eigenvalue weighted by atomic mass is 16.6. The van der Waals surface area contributed by atoms with Crippen LogP contribution in [0.2, 0.25) is 0 Å². The van der Waals surface area contributed by atoms with E-state index < -0.39 is 59.0 Å². The van der Waals surface area contributed by atoms with E-state index in [9.17, 15) is 40.5 Å². The Bertz CT molecular complexity index is 1650. The zero-order valence-electron chi connectivity index (χ0n) is 23.3. The van der Waals surface area contributed by atoms with Crippen molar-refractivity contribution in [2.24, 2.45) is 5.73 Å². The summed E-state index contributed by atoms with van der Waals surface area (Å²) in [5.74, 6) is -5.65. The molecule has 3 atom stereocenters. The SMILES string of the molecule is NCCOCCn1cc(COC2c3c(O)cc(O)cc3OC(c3cc(O)c(O)c(O)c3)C2OC(=O)c2cc(O)nc(O)c2)nn1. The van der Waals surface area contributed by atoms with Gasteiger partial charge in [0.2, 0.25) is 11.8 Å². The van der Waals surface area contributed by atoms with Crippen molar-refractivity contribution in [1.29, 1.82) is 0 Å². The molecule has 0 radical (unpaired) electrons. The van der Waals surface area contributed by atoms with Crippen molar-refractivity contribution in [3.05, 3.63) is 65.0 Å². The number of nitrogens with zero attached hydrogens (tertiary/aromatic N) is 4. The van der Waals surface area contributed by atoms with Gasteiger partial charge >= 0.3 is 5.97 Å². The number of benzene rings is 2. The lowest BCUT2D eigenvalue weighted by Gasteiger charge is -2.39. The molecule has 1 aliphatic rings. The molecule has 0 fully saturated rings. The van der Waals surface area contributed by atoms with Crippen molar-refractivity contribution in [3.8, 4) is 46.3 Å². The van der Waals surface area contributed by atoms with Gasteiger partial charge in [0.05, 0.1) is 43.7 Å². The van der Waals surface area contributed by atoms with Gasteiger partial charge in [0, 0.05) is 36.4 Å². The highest BCUT2D eigenvalue weighted by Gasteiger charge is 2.45. The van der Waals surface area contributed by atoms with Crippen LogP contribution in [0.25, 0.3) is 0 Å². The van der Waals surface area contributed by atoms with E-state index in [0.717, 1.165) is 30.3 Å². The molecule has 5 rings (SSSR count). The fraction of sp³-hybridized carbons (Fsp3) is 0.286. The molecule has 2 aromatic carbocycles. The normalized spacial score (nSPS) is 17.4. The Balaban J connectivity index is 1.53. The minimum absolute atomic E-state index is 0.00784. The highest BCUT2D eigenvalue weighted by Crippen LogP contribution is 2.51. The first-order valence-corrected chi connectivity index (χ1v) is 13.4. The number of phenols is 5. The fourth-order valence-corrected chi connectivity index (χ4v) is 4.70. The maximum absolute atomic E-state index is 13.3. The Morgan fingerprint density at radius 1 is 0.933 bits per heavy atom. The highest BCUT2D eigenvalue weighted by molar-refractivity contribution is 5.90. The Morgan fingerprint density at radius 3 is 2.33 bits per heavy atom. The molecule has 238 valence electrons. The number of phenolic OH excluding ortho intramolecular Hbond substituents is 5. The van der Waals surface area contributed by atoms with E-state index in [1.54, 1.807) is 6.20 Å². The number of nitrogens with two attached hydrogens (primary N) is 1. The Hall–Kier alpha value is -5.52. The van der Waals surface area contributed by atoms with Crippen LogP contribution >= 0.6 is 0 Å². The predicted molar refractivity (Wildman–Crippen MR) is 149 cm³/mol. The maximum atomic E-state index is 13.3. The van der Waals surface area contributed by atoms with E-state index in [0.29, 0.717) is 32.0 Å². The summed E-state index contributed by atoms with van der Waals surface area (Å²) in [6.07, 6.45) is -2.69. The molecule has 9 N–H and O–H groups in total. The third kappa shape index (κ3) is 6.85. The van der Waals surface area contributed by atoms with E-state index in [1.807, 2.05) is 0 Å². The third-order valence-corrected chi connectivity index (χ3v) is 6.66. The van der Waals surface area contributed by atoms with Gasteiger partial charge in [-0.1, -0.05) is 5.21 Å². The molecule has 2 aromatic heterocycles. The second-order valence-corrected chi connectivity index (χ2v) is 9.87. The third-order valence-electron chi connectivity index (χ3n) is 6.66. The molecule has 0 spiro atoms. The van der Waals surface area contributed by atoms with Crippen LogP contribution < -0.4 is 10.5 Å². The number of aromatic nitrogens is 4. The lowest BCUT2D eigenvalue weighted by Crippen LogP contribution is -2.39. The van der Waals surface area contributed by atoms with Gasteiger partial charge in [-0.15, -0.1) is 5.10 Å². The summed E-state index contributed by atoms with van der Waals surface area (Å²) in [5, 5.41) is 79.2. The summed E-state index contributed by atoms with van der Waals surface area (Å²) >= 11 is 0. The van der Waals surface area contributed by atoms with Crippen molar-refractivity contribution in [3.63, 3.8) is 0 Å². The van der Waals surface area contributed by atoms with Crippen LogP contribution in [0.5, 0.6) is 46.3 Å². The monoisotopic (exact) mass is 627 g/mol. The zero-order valence-corrected chi connectivity index (χ0v) is 23.3. The molecular formula is C28H29N5O12. The van der Waals surface area contributed by atoms with Crippen LogP contribution in [0, 0.1) is 0 Å². The van der Waals surface area contributed by atoms with Crippen molar-refractivity contribution in [2.75, 3.05) is 19.8 Å². The number of hydrogen-bond donors (Lipinski definition) is 8. The summed E-state index contributed by atoms with van der Waals surface area (Å²) in [4.78, 5) is 16.7. The van der Waals surface area contributed by atoms with Crippen molar-refractivity contribution >= 4 is 5.97 Å². The number of fused-ring (bicyclic) bond motifs is 1. The standard InChI is InChI=1S/C28H29N5O12/c29-1-3-42-4-2-33-11-15(31-32-33)12-43-26-23-17(35)9-16(34)10-20(23)44-25(13-5-18(36)24(40)19(37)6-13)27(26)45-28(41)14-7-21(38)30-22(39)8-14/h5-11,25-27,34-37,40H,1-4,12,29H2,(H2,30,38,39). The van der Waals surface area contributed by atoms with Gasteiger partial charge in [-0.05, 0) is 12.1 Å². The largest absolute Gasteiger partial charge is 0.508 e. The lowest BCUT2D eigenvalue weighted by atomic mass is 9.90.